The van der Waals surface area contributed by atoms with Gasteiger partial charge in [-0.05, 0) is 32.3 Å². The Kier molecular flexibility index (Phi) is 5.17. The lowest BCUT2D eigenvalue weighted by molar-refractivity contribution is -0.134. The summed E-state index contributed by atoms with van der Waals surface area (Å²) >= 11 is 0. The second-order valence-electron chi connectivity index (χ2n) is 7.79. The Labute approximate surface area is 168 Å². The molecule has 8 nitrogen and oxygen atoms in total. The van der Waals surface area contributed by atoms with Crippen LogP contribution >= 0.6 is 0 Å². The number of H-pyrrole nitrogens is 1. The molecule has 0 saturated carbocycles. The molecule has 1 aliphatic rings. The van der Waals surface area contributed by atoms with E-state index in [1.807, 2.05) is 49.9 Å². The molecule has 152 valence electrons. The number of likely N-dealkylation sites (tertiary alicyclic amines) is 1. The highest BCUT2D eigenvalue weighted by Gasteiger charge is 2.30. The summed E-state index contributed by atoms with van der Waals surface area (Å²) in [4.78, 5) is 34.5. The van der Waals surface area contributed by atoms with Crippen molar-refractivity contribution >= 4 is 17.1 Å². The third kappa shape index (κ3) is 3.66. The highest BCUT2D eigenvalue weighted by atomic mass is 16.2. The molecule has 2 atom stereocenters. The van der Waals surface area contributed by atoms with E-state index < -0.39 is 0 Å². The predicted octanol–water partition coefficient (Wildman–Crippen LogP) is 2.35. The average molecular weight is 394 g/mol. The van der Waals surface area contributed by atoms with Crippen LogP contribution < -0.4 is 5.56 Å². The van der Waals surface area contributed by atoms with E-state index in [4.69, 9.17) is 0 Å². The summed E-state index contributed by atoms with van der Waals surface area (Å²) in [6.45, 7) is 7.20. The zero-order valence-electron chi connectivity index (χ0n) is 17.1. The van der Waals surface area contributed by atoms with Crippen LogP contribution in [0.4, 0.5) is 0 Å². The van der Waals surface area contributed by atoms with Crippen LogP contribution in [0.5, 0.6) is 0 Å². The Morgan fingerprint density at radius 1 is 1.31 bits per heavy atom. The fraction of sp³-hybridized carbons (Fsp3) is 0.476. The minimum absolute atomic E-state index is 0.0399. The summed E-state index contributed by atoms with van der Waals surface area (Å²) in [7, 11) is 0. The molecule has 1 fully saturated rings. The van der Waals surface area contributed by atoms with Crippen molar-refractivity contribution in [1.82, 2.24) is 29.9 Å². The van der Waals surface area contributed by atoms with Gasteiger partial charge in [0.05, 0.1) is 12.0 Å². The van der Waals surface area contributed by atoms with Crippen molar-refractivity contribution in [3.05, 3.63) is 51.6 Å². The van der Waals surface area contributed by atoms with Gasteiger partial charge in [-0.1, -0.05) is 42.0 Å². The number of fused-ring (bicyclic) bond motifs is 1. The second-order valence-corrected chi connectivity index (χ2v) is 7.79. The number of carbonyl (C=O) groups excluding carboxylic acids is 1. The van der Waals surface area contributed by atoms with Gasteiger partial charge in [0.25, 0.3) is 5.56 Å². The highest BCUT2D eigenvalue weighted by Crippen LogP contribution is 2.26. The first-order chi connectivity index (χ1) is 14.0. The van der Waals surface area contributed by atoms with E-state index >= 15 is 0 Å². The lowest BCUT2D eigenvalue weighted by Crippen LogP contribution is -2.42. The highest BCUT2D eigenvalue weighted by molar-refractivity contribution is 5.83. The SMILES string of the molecule is CCc1nc2c(nnn2C2CCCN(C(=O)C(C)c3ccc(C)cc3)C2)c(=O)[nH]1. The maximum absolute atomic E-state index is 13.1. The van der Waals surface area contributed by atoms with E-state index in [0.29, 0.717) is 24.4 Å². The van der Waals surface area contributed by atoms with Crippen LogP contribution in [0.25, 0.3) is 11.2 Å². The number of aromatic amines is 1. The first-order valence-corrected chi connectivity index (χ1v) is 10.2. The van der Waals surface area contributed by atoms with Gasteiger partial charge in [0.1, 0.15) is 5.82 Å². The normalized spacial score (nSPS) is 18.2. The molecule has 1 saturated heterocycles. The molecule has 29 heavy (non-hydrogen) atoms. The summed E-state index contributed by atoms with van der Waals surface area (Å²) in [5, 5.41) is 8.24. The number of piperidine rings is 1. The van der Waals surface area contributed by atoms with Crippen LogP contribution in [0, 0.1) is 6.92 Å². The van der Waals surface area contributed by atoms with Crippen LogP contribution in [0.3, 0.4) is 0 Å². The van der Waals surface area contributed by atoms with Crippen LogP contribution in [0.2, 0.25) is 0 Å². The number of aryl methyl sites for hydroxylation is 2. The van der Waals surface area contributed by atoms with Crippen molar-refractivity contribution in [2.24, 2.45) is 0 Å². The van der Waals surface area contributed by atoms with E-state index in [2.05, 4.69) is 20.3 Å². The van der Waals surface area contributed by atoms with E-state index in [1.54, 1.807) is 4.68 Å². The molecule has 1 aliphatic heterocycles. The molecule has 4 rings (SSSR count). The number of rotatable bonds is 4. The van der Waals surface area contributed by atoms with Crippen LogP contribution in [-0.4, -0.2) is 48.9 Å². The summed E-state index contributed by atoms with van der Waals surface area (Å²) < 4.78 is 1.72. The maximum atomic E-state index is 13.1. The Balaban J connectivity index is 1.58. The maximum Gasteiger partial charge on any atom is 0.281 e. The van der Waals surface area contributed by atoms with Crippen molar-refractivity contribution in [1.29, 1.82) is 0 Å². The molecule has 2 unspecified atom stereocenters. The monoisotopic (exact) mass is 394 g/mol. The molecule has 8 heteroatoms. The number of carbonyl (C=O) groups is 1. The summed E-state index contributed by atoms with van der Waals surface area (Å²) in [5.41, 5.74) is 2.68. The molecular formula is C21H26N6O2. The molecule has 0 aliphatic carbocycles. The molecule has 2 aromatic heterocycles. The fourth-order valence-electron chi connectivity index (χ4n) is 3.93. The van der Waals surface area contributed by atoms with Gasteiger partial charge in [0.15, 0.2) is 11.2 Å². The minimum Gasteiger partial charge on any atom is -0.340 e. The topological polar surface area (TPSA) is 96.8 Å². The van der Waals surface area contributed by atoms with Gasteiger partial charge in [-0.25, -0.2) is 9.67 Å². The Bertz CT molecular complexity index is 1080. The summed E-state index contributed by atoms with van der Waals surface area (Å²) in [6.07, 6.45) is 2.37. The van der Waals surface area contributed by atoms with E-state index in [9.17, 15) is 9.59 Å². The molecule has 0 radical (unpaired) electrons. The van der Waals surface area contributed by atoms with Gasteiger partial charge in [0, 0.05) is 19.5 Å². The van der Waals surface area contributed by atoms with Crippen molar-refractivity contribution in [2.75, 3.05) is 13.1 Å². The van der Waals surface area contributed by atoms with E-state index in [-0.39, 0.29) is 28.9 Å². The molecule has 0 bridgehead atoms. The quantitative estimate of drug-likeness (QED) is 0.733. The molecular weight excluding hydrogens is 368 g/mol. The van der Waals surface area contributed by atoms with Crippen molar-refractivity contribution in [2.45, 2.75) is 52.0 Å². The summed E-state index contributed by atoms with van der Waals surface area (Å²) in [6, 6.07) is 8.07. The number of nitrogens with one attached hydrogen (secondary N) is 1. The number of hydrogen-bond acceptors (Lipinski definition) is 5. The number of amides is 1. The Morgan fingerprint density at radius 3 is 2.79 bits per heavy atom. The standard InChI is InChI=1S/C21H26N6O2/c1-4-17-22-19-18(20(28)23-17)24-25-27(19)16-6-5-11-26(12-16)21(29)14(3)15-9-7-13(2)8-10-15/h7-10,14,16H,4-6,11-12H2,1-3H3,(H,22,23,28). The van der Waals surface area contributed by atoms with Crippen molar-refractivity contribution in [3.63, 3.8) is 0 Å². The Morgan fingerprint density at radius 2 is 2.07 bits per heavy atom. The Hall–Kier alpha value is -3.03. The van der Waals surface area contributed by atoms with Gasteiger partial charge in [0.2, 0.25) is 5.91 Å². The largest absolute Gasteiger partial charge is 0.340 e. The molecule has 3 heterocycles. The number of nitrogens with zero attached hydrogens (tertiary/aromatic N) is 5. The third-order valence-corrected chi connectivity index (χ3v) is 5.72. The van der Waals surface area contributed by atoms with E-state index in [0.717, 1.165) is 24.9 Å². The lowest BCUT2D eigenvalue weighted by Gasteiger charge is -2.34. The minimum atomic E-state index is -0.269. The summed E-state index contributed by atoms with van der Waals surface area (Å²) in [5.74, 6) is 0.528. The number of benzene rings is 1. The lowest BCUT2D eigenvalue weighted by atomic mass is 9.96. The van der Waals surface area contributed by atoms with Crippen LogP contribution in [0.1, 0.15) is 55.6 Å². The van der Waals surface area contributed by atoms with E-state index in [1.165, 1.54) is 5.56 Å². The second kappa shape index (κ2) is 7.77. The number of aromatic nitrogens is 5. The fourth-order valence-corrected chi connectivity index (χ4v) is 3.93. The van der Waals surface area contributed by atoms with Gasteiger partial charge >= 0.3 is 0 Å². The molecule has 1 N–H and O–H groups in total. The van der Waals surface area contributed by atoms with Crippen molar-refractivity contribution in [3.8, 4) is 0 Å². The predicted molar refractivity (Wildman–Crippen MR) is 110 cm³/mol. The molecule has 0 spiro atoms. The smallest absolute Gasteiger partial charge is 0.281 e. The number of hydrogen-bond donors (Lipinski definition) is 1. The van der Waals surface area contributed by atoms with Crippen molar-refractivity contribution < 1.29 is 4.79 Å². The molecule has 1 aromatic carbocycles. The average Bonchev–Trinajstić information content (AvgIpc) is 3.18. The molecule has 3 aromatic rings. The van der Waals surface area contributed by atoms with Crippen LogP contribution in [0.15, 0.2) is 29.1 Å². The van der Waals surface area contributed by atoms with Gasteiger partial charge in [-0.15, -0.1) is 5.10 Å². The van der Waals surface area contributed by atoms with Crippen LogP contribution in [-0.2, 0) is 11.2 Å². The first-order valence-electron chi connectivity index (χ1n) is 10.2. The van der Waals surface area contributed by atoms with Gasteiger partial charge in [-0.2, -0.15) is 0 Å². The third-order valence-electron chi connectivity index (χ3n) is 5.72. The van der Waals surface area contributed by atoms with Gasteiger partial charge < -0.3 is 9.88 Å². The first kappa shape index (κ1) is 19.3. The zero-order chi connectivity index (χ0) is 20.5. The van der Waals surface area contributed by atoms with Gasteiger partial charge in [-0.3, -0.25) is 9.59 Å². The zero-order valence-corrected chi connectivity index (χ0v) is 17.1. The molecule has 1 amide bonds.